The number of benzene rings is 2. The largest absolute Gasteiger partial charge is 0.497 e. The molecule has 0 spiro atoms. The molecule has 2 aromatic carbocycles. The third-order valence-corrected chi connectivity index (χ3v) is 6.59. The smallest absolute Gasteiger partial charge is 0.243 e. The first kappa shape index (κ1) is 25.4. The van der Waals surface area contributed by atoms with Gasteiger partial charge >= 0.3 is 0 Å². The molecular formula is C27H31N3O6. The molecule has 190 valence electrons. The first-order valence-electron chi connectivity index (χ1n) is 12.0. The van der Waals surface area contributed by atoms with Gasteiger partial charge in [0, 0.05) is 19.4 Å². The van der Waals surface area contributed by atoms with Crippen LogP contribution in [0, 0.1) is 5.92 Å². The van der Waals surface area contributed by atoms with Crippen molar-refractivity contribution in [2.45, 2.75) is 43.9 Å². The predicted octanol–water partition coefficient (Wildman–Crippen LogP) is 0.944. The molecule has 3 amide bonds. The van der Waals surface area contributed by atoms with Crippen LogP contribution in [0.25, 0.3) is 0 Å². The van der Waals surface area contributed by atoms with Crippen LogP contribution < -0.4 is 20.7 Å². The van der Waals surface area contributed by atoms with Crippen molar-refractivity contribution >= 4 is 23.5 Å². The van der Waals surface area contributed by atoms with Gasteiger partial charge in [-0.1, -0.05) is 42.5 Å². The van der Waals surface area contributed by atoms with Crippen molar-refractivity contribution < 1.29 is 28.7 Å². The van der Waals surface area contributed by atoms with E-state index in [9.17, 15) is 19.2 Å². The second kappa shape index (κ2) is 10.9. The molecule has 2 aliphatic heterocycles. The van der Waals surface area contributed by atoms with E-state index in [0.29, 0.717) is 18.8 Å². The van der Waals surface area contributed by atoms with Crippen LogP contribution in [0.1, 0.15) is 24.5 Å². The van der Waals surface area contributed by atoms with Crippen molar-refractivity contribution in [3.8, 4) is 5.75 Å². The number of Topliss-reactive ketones (excluding diaryl/α,β-unsaturated/α-hetero) is 1. The van der Waals surface area contributed by atoms with Gasteiger partial charge in [0.2, 0.25) is 17.7 Å². The van der Waals surface area contributed by atoms with Gasteiger partial charge in [0.1, 0.15) is 17.4 Å². The molecule has 0 bridgehead atoms. The average molecular weight is 494 g/mol. The van der Waals surface area contributed by atoms with E-state index >= 15 is 0 Å². The van der Waals surface area contributed by atoms with Crippen LogP contribution in [-0.4, -0.2) is 61.5 Å². The molecule has 4 atom stereocenters. The molecule has 2 heterocycles. The van der Waals surface area contributed by atoms with Crippen molar-refractivity contribution in [2.24, 2.45) is 5.92 Å². The Hall–Kier alpha value is -3.72. The quantitative estimate of drug-likeness (QED) is 0.400. The zero-order chi connectivity index (χ0) is 25.7. The molecule has 0 saturated carbocycles. The summed E-state index contributed by atoms with van der Waals surface area (Å²) >= 11 is 0. The predicted molar refractivity (Wildman–Crippen MR) is 131 cm³/mol. The minimum Gasteiger partial charge on any atom is -0.497 e. The number of carbonyl (C=O) groups is 4. The lowest BCUT2D eigenvalue weighted by molar-refractivity contribution is -0.133. The third-order valence-electron chi connectivity index (χ3n) is 6.59. The first-order valence-corrected chi connectivity index (χ1v) is 12.0. The van der Waals surface area contributed by atoms with Crippen molar-refractivity contribution in [2.75, 3.05) is 20.3 Å². The lowest BCUT2D eigenvalue weighted by atomic mass is 9.94. The number of epoxide rings is 1. The van der Waals surface area contributed by atoms with E-state index in [1.807, 2.05) is 42.5 Å². The highest BCUT2D eigenvalue weighted by molar-refractivity contribution is 5.98. The van der Waals surface area contributed by atoms with Crippen LogP contribution >= 0.6 is 0 Å². The Bertz CT molecular complexity index is 1110. The molecule has 2 aromatic rings. The summed E-state index contributed by atoms with van der Waals surface area (Å²) in [5.41, 5.74) is 0.782. The Morgan fingerprint density at radius 2 is 1.67 bits per heavy atom. The fourth-order valence-corrected chi connectivity index (χ4v) is 4.24. The highest BCUT2D eigenvalue weighted by atomic mass is 16.6. The fraction of sp³-hybridized carbons (Fsp3) is 0.407. The summed E-state index contributed by atoms with van der Waals surface area (Å²) < 4.78 is 10.6. The number of carbonyl (C=O) groups excluding carboxylic acids is 4. The topological polar surface area (TPSA) is 126 Å². The molecule has 2 saturated heterocycles. The monoisotopic (exact) mass is 493 g/mol. The molecule has 4 rings (SSSR count). The molecule has 1 unspecified atom stereocenters. The van der Waals surface area contributed by atoms with Gasteiger partial charge in [0.15, 0.2) is 5.78 Å². The van der Waals surface area contributed by atoms with Gasteiger partial charge in [0.05, 0.1) is 25.7 Å². The Kier molecular flexibility index (Phi) is 7.69. The van der Waals surface area contributed by atoms with Crippen molar-refractivity contribution in [1.29, 1.82) is 0 Å². The molecule has 0 aliphatic carbocycles. The van der Waals surface area contributed by atoms with E-state index in [4.69, 9.17) is 9.47 Å². The molecule has 0 radical (unpaired) electrons. The van der Waals surface area contributed by atoms with Crippen LogP contribution in [-0.2, 0) is 36.8 Å². The second-order valence-corrected chi connectivity index (χ2v) is 9.45. The number of rotatable bonds is 11. The van der Waals surface area contributed by atoms with E-state index in [-0.39, 0.29) is 37.0 Å². The number of methoxy groups -OCH3 is 1. The minimum absolute atomic E-state index is 0.0769. The normalized spacial score (nSPS) is 22.2. The van der Waals surface area contributed by atoms with Crippen LogP contribution in [0.3, 0.4) is 0 Å². The molecular weight excluding hydrogens is 462 g/mol. The van der Waals surface area contributed by atoms with Crippen molar-refractivity contribution in [3.05, 3.63) is 65.7 Å². The first-order chi connectivity index (χ1) is 17.3. The Labute approximate surface area is 209 Å². The number of nitrogens with one attached hydrogen (secondary N) is 3. The van der Waals surface area contributed by atoms with Gasteiger partial charge in [-0.25, -0.2) is 0 Å². The SMILES string of the molecule is COc1ccc(CC(NC(=O)[C@H]2CNC(=O)C2)C(=O)N[C@H](Cc2ccccc2)C(=O)[C@]2(C)CO2)cc1. The lowest BCUT2D eigenvalue weighted by Gasteiger charge is -2.25. The molecule has 2 fully saturated rings. The lowest BCUT2D eigenvalue weighted by Crippen LogP contribution is -2.55. The standard InChI is InChI=1S/C27H31N3O6/c1-27(16-36-27)24(32)21(12-17-6-4-3-5-7-17)29-26(34)22(13-18-8-10-20(35-2)11-9-18)30-25(33)19-14-23(31)28-15-19/h3-11,19,21-22H,12-16H2,1-2H3,(H,28,31)(H,29,34)(H,30,33)/t19-,21-,22?,27+/m1/s1. The summed E-state index contributed by atoms with van der Waals surface area (Å²) in [6, 6.07) is 14.8. The molecule has 9 heteroatoms. The molecule has 9 nitrogen and oxygen atoms in total. The average Bonchev–Trinajstić information content (AvgIpc) is 3.49. The number of ether oxygens (including phenoxy) is 2. The maximum atomic E-state index is 13.5. The maximum Gasteiger partial charge on any atom is 0.243 e. The number of amides is 3. The van der Waals surface area contributed by atoms with Gasteiger partial charge < -0.3 is 25.4 Å². The van der Waals surface area contributed by atoms with Crippen molar-refractivity contribution in [1.82, 2.24) is 16.0 Å². The fourth-order valence-electron chi connectivity index (χ4n) is 4.24. The minimum atomic E-state index is -0.944. The van der Waals surface area contributed by atoms with Crippen LogP contribution in [0.15, 0.2) is 54.6 Å². The molecule has 2 aliphatic rings. The van der Waals surface area contributed by atoms with E-state index in [1.165, 1.54) is 0 Å². The van der Waals surface area contributed by atoms with Gasteiger partial charge in [-0.15, -0.1) is 0 Å². The summed E-state index contributed by atoms with van der Waals surface area (Å²) in [5, 5.41) is 8.31. The van der Waals surface area contributed by atoms with Gasteiger partial charge in [0.25, 0.3) is 0 Å². The highest BCUT2D eigenvalue weighted by Gasteiger charge is 2.50. The van der Waals surface area contributed by atoms with Gasteiger partial charge in [-0.05, 0) is 36.6 Å². The Morgan fingerprint density at radius 1 is 1.03 bits per heavy atom. The Balaban J connectivity index is 1.53. The van der Waals surface area contributed by atoms with E-state index in [1.54, 1.807) is 26.2 Å². The summed E-state index contributed by atoms with van der Waals surface area (Å²) in [4.78, 5) is 51.2. The molecule has 36 heavy (non-hydrogen) atoms. The number of hydrogen-bond acceptors (Lipinski definition) is 6. The van der Waals surface area contributed by atoms with Crippen LogP contribution in [0.2, 0.25) is 0 Å². The summed E-state index contributed by atoms with van der Waals surface area (Å²) in [6.07, 6.45) is 0.581. The number of hydrogen-bond donors (Lipinski definition) is 3. The maximum absolute atomic E-state index is 13.5. The zero-order valence-electron chi connectivity index (χ0n) is 20.4. The number of ketones is 1. The zero-order valence-corrected chi connectivity index (χ0v) is 20.4. The highest BCUT2D eigenvalue weighted by Crippen LogP contribution is 2.29. The third kappa shape index (κ3) is 6.28. The van der Waals surface area contributed by atoms with Crippen molar-refractivity contribution in [3.63, 3.8) is 0 Å². The van der Waals surface area contributed by atoms with E-state index < -0.39 is 29.5 Å². The molecule has 3 N–H and O–H groups in total. The van der Waals surface area contributed by atoms with Crippen LogP contribution in [0.4, 0.5) is 0 Å². The second-order valence-electron chi connectivity index (χ2n) is 9.45. The van der Waals surface area contributed by atoms with E-state index in [0.717, 1.165) is 11.1 Å². The summed E-state index contributed by atoms with van der Waals surface area (Å²) in [6.45, 7) is 2.24. The van der Waals surface area contributed by atoms with E-state index in [2.05, 4.69) is 16.0 Å². The van der Waals surface area contributed by atoms with Gasteiger partial charge in [-0.2, -0.15) is 0 Å². The Morgan fingerprint density at radius 3 is 2.25 bits per heavy atom. The summed E-state index contributed by atoms with van der Waals surface area (Å²) in [7, 11) is 1.57. The summed E-state index contributed by atoms with van der Waals surface area (Å²) in [5.74, 6) is -1.15. The van der Waals surface area contributed by atoms with Crippen LogP contribution in [0.5, 0.6) is 5.75 Å². The van der Waals surface area contributed by atoms with Gasteiger partial charge in [-0.3, -0.25) is 19.2 Å². The molecule has 0 aromatic heterocycles.